The highest BCUT2D eigenvalue weighted by atomic mass is 19.4. The zero-order valence-electron chi connectivity index (χ0n) is 10.4. The maximum absolute atomic E-state index is 13.1. The average Bonchev–Trinajstić information content (AvgIpc) is 2.80. The molecule has 3 rings (SSSR count). The van der Waals surface area contributed by atoms with E-state index in [1.54, 1.807) is 6.07 Å². The molecule has 3 nitrogen and oxygen atoms in total. The summed E-state index contributed by atoms with van der Waals surface area (Å²) >= 11 is 0. The Balaban J connectivity index is 2.10. The van der Waals surface area contributed by atoms with Crippen LogP contribution in [-0.2, 0) is 0 Å². The van der Waals surface area contributed by atoms with Crippen LogP contribution < -0.4 is 4.74 Å². The summed E-state index contributed by atoms with van der Waals surface area (Å²) in [4.78, 5) is 6.93. The Bertz CT molecular complexity index is 795. The maximum atomic E-state index is 13.1. The van der Waals surface area contributed by atoms with Crippen molar-refractivity contribution in [3.63, 3.8) is 0 Å². The molecule has 2 aromatic carbocycles. The minimum Gasteiger partial charge on any atom is -0.405 e. The summed E-state index contributed by atoms with van der Waals surface area (Å²) in [6, 6.07) is 9.51. The zero-order chi connectivity index (χ0) is 15.0. The molecule has 21 heavy (non-hydrogen) atoms. The summed E-state index contributed by atoms with van der Waals surface area (Å²) < 4.78 is 54.3. The Morgan fingerprint density at radius 2 is 1.81 bits per heavy atom. The molecular formula is C14H8F4N2O. The van der Waals surface area contributed by atoms with Gasteiger partial charge in [0.05, 0.1) is 16.6 Å². The van der Waals surface area contributed by atoms with Crippen molar-refractivity contribution in [2.45, 2.75) is 6.36 Å². The lowest BCUT2D eigenvalue weighted by Gasteiger charge is -2.11. The predicted octanol–water partition coefficient (Wildman–Crippen LogP) is 4.27. The van der Waals surface area contributed by atoms with Crippen LogP contribution >= 0.6 is 0 Å². The summed E-state index contributed by atoms with van der Waals surface area (Å²) in [7, 11) is 0. The Morgan fingerprint density at radius 1 is 1.05 bits per heavy atom. The number of halogens is 4. The Labute approximate surface area is 116 Å². The number of alkyl halides is 3. The van der Waals surface area contributed by atoms with Crippen molar-refractivity contribution in [3.05, 3.63) is 48.3 Å². The van der Waals surface area contributed by atoms with Crippen LogP contribution in [0.5, 0.6) is 5.75 Å². The molecule has 0 aliphatic heterocycles. The summed E-state index contributed by atoms with van der Waals surface area (Å²) in [6.45, 7) is 0. The van der Waals surface area contributed by atoms with Crippen LogP contribution in [0.15, 0.2) is 42.5 Å². The molecule has 0 aliphatic carbocycles. The fraction of sp³-hybridized carbons (Fsp3) is 0.0714. The van der Waals surface area contributed by atoms with Gasteiger partial charge in [-0.3, -0.25) is 0 Å². The van der Waals surface area contributed by atoms with Crippen molar-refractivity contribution in [1.82, 2.24) is 9.97 Å². The van der Waals surface area contributed by atoms with Gasteiger partial charge in [-0.25, -0.2) is 9.37 Å². The summed E-state index contributed by atoms with van der Waals surface area (Å²) in [5.74, 6) is -0.655. The Hall–Kier alpha value is -2.57. The molecule has 0 fully saturated rings. The van der Waals surface area contributed by atoms with E-state index in [4.69, 9.17) is 0 Å². The second-order valence-electron chi connectivity index (χ2n) is 4.29. The van der Waals surface area contributed by atoms with E-state index in [1.807, 2.05) is 0 Å². The molecule has 0 radical (unpaired) electrons. The van der Waals surface area contributed by atoms with Gasteiger partial charge >= 0.3 is 6.36 Å². The molecule has 108 valence electrons. The number of fused-ring (bicyclic) bond motifs is 1. The molecule has 0 amide bonds. The van der Waals surface area contributed by atoms with Crippen LogP contribution in [0.3, 0.4) is 0 Å². The molecule has 3 aromatic rings. The predicted molar refractivity (Wildman–Crippen MR) is 68.2 cm³/mol. The fourth-order valence-electron chi connectivity index (χ4n) is 1.99. The maximum Gasteiger partial charge on any atom is 0.573 e. The van der Waals surface area contributed by atoms with Gasteiger partial charge in [-0.2, -0.15) is 0 Å². The van der Waals surface area contributed by atoms with Gasteiger partial charge in [-0.15, -0.1) is 13.2 Å². The van der Waals surface area contributed by atoms with Gasteiger partial charge in [0, 0.05) is 0 Å². The number of nitrogens with one attached hydrogen (secondary N) is 1. The van der Waals surface area contributed by atoms with E-state index in [1.165, 1.54) is 36.4 Å². The second-order valence-corrected chi connectivity index (χ2v) is 4.29. The third-order valence-electron chi connectivity index (χ3n) is 2.81. The van der Waals surface area contributed by atoms with Crippen LogP contribution in [0, 0.1) is 5.82 Å². The van der Waals surface area contributed by atoms with Gasteiger partial charge in [0.1, 0.15) is 17.4 Å². The molecule has 0 bridgehead atoms. The lowest BCUT2D eigenvalue weighted by atomic mass is 10.2. The number of H-pyrrole nitrogens is 1. The molecule has 0 atom stereocenters. The lowest BCUT2D eigenvalue weighted by Crippen LogP contribution is -2.17. The Morgan fingerprint density at radius 3 is 2.57 bits per heavy atom. The van der Waals surface area contributed by atoms with Crippen LogP contribution in [0.1, 0.15) is 0 Å². The molecule has 1 heterocycles. The second kappa shape index (κ2) is 4.76. The van der Waals surface area contributed by atoms with E-state index in [2.05, 4.69) is 14.7 Å². The molecule has 7 heteroatoms. The third-order valence-corrected chi connectivity index (χ3v) is 2.81. The molecule has 1 aromatic heterocycles. The van der Waals surface area contributed by atoms with Crippen LogP contribution in [-0.4, -0.2) is 16.3 Å². The van der Waals surface area contributed by atoms with Crippen molar-refractivity contribution in [2.24, 2.45) is 0 Å². The number of aromatic amines is 1. The standard InChI is InChI=1S/C14H8F4N2O/c15-8-5-6-10-11(7-8)20-13(19-10)9-3-1-2-4-12(9)21-14(16,17)18/h1-7H,(H,19,20). The average molecular weight is 296 g/mol. The first kappa shape index (κ1) is 13.4. The van der Waals surface area contributed by atoms with Crippen molar-refractivity contribution >= 4 is 11.0 Å². The first-order valence-corrected chi connectivity index (χ1v) is 5.93. The highest BCUT2D eigenvalue weighted by molar-refractivity contribution is 5.80. The van der Waals surface area contributed by atoms with Crippen LogP contribution in [0.25, 0.3) is 22.4 Å². The number of nitrogens with zero attached hydrogens (tertiary/aromatic N) is 1. The highest BCUT2D eigenvalue weighted by Crippen LogP contribution is 2.33. The highest BCUT2D eigenvalue weighted by Gasteiger charge is 2.32. The number of rotatable bonds is 2. The van der Waals surface area contributed by atoms with Gasteiger partial charge in [-0.05, 0) is 30.3 Å². The molecule has 0 unspecified atom stereocenters. The van der Waals surface area contributed by atoms with E-state index in [0.29, 0.717) is 11.0 Å². The quantitative estimate of drug-likeness (QED) is 0.717. The monoisotopic (exact) mass is 296 g/mol. The smallest absolute Gasteiger partial charge is 0.405 e. The number of hydrogen-bond donors (Lipinski definition) is 1. The zero-order valence-corrected chi connectivity index (χ0v) is 10.4. The SMILES string of the molecule is Fc1ccc2nc(-c3ccccc3OC(F)(F)F)[nH]c2c1. The normalized spacial score (nSPS) is 11.8. The van der Waals surface area contributed by atoms with Crippen molar-refractivity contribution in [1.29, 1.82) is 0 Å². The number of hydrogen-bond acceptors (Lipinski definition) is 2. The van der Waals surface area contributed by atoms with E-state index in [0.717, 1.165) is 0 Å². The number of ether oxygens (including phenoxy) is 1. The van der Waals surface area contributed by atoms with Gasteiger partial charge in [-0.1, -0.05) is 12.1 Å². The van der Waals surface area contributed by atoms with Gasteiger partial charge in [0.2, 0.25) is 0 Å². The molecule has 1 N–H and O–H groups in total. The largest absolute Gasteiger partial charge is 0.573 e. The third kappa shape index (κ3) is 2.81. The lowest BCUT2D eigenvalue weighted by molar-refractivity contribution is -0.274. The van der Waals surface area contributed by atoms with E-state index >= 15 is 0 Å². The number of benzene rings is 2. The topological polar surface area (TPSA) is 37.9 Å². The van der Waals surface area contributed by atoms with Crippen molar-refractivity contribution in [3.8, 4) is 17.1 Å². The van der Waals surface area contributed by atoms with Gasteiger partial charge in [0.15, 0.2) is 0 Å². The first-order chi connectivity index (χ1) is 9.92. The molecule has 0 saturated heterocycles. The van der Waals surface area contributed by atoms with E-state index in [9.17, 15) is 17.6 Å². The molecular weight excluding hydrogens is 288 g/mol. The van der Waals surface area contributed by atoms with E-state index in [-0.39, 0.29) is 17.1 Å². The van der Waals surface area contributed by atoms with Crippen LogP contribution in [0.2, 0.25) is 0 Å². The van der Waals surface area contributed by atoms with Crippen LogP contribution in [0.4, 0.5) is 17.6 Å². The minimum atomic E-state index is -4.80. The van der Waals surface area contributed by atoms with E-state index < -0.39 is 12.2 Å². The summed E-state index contributed by atoms with van der Waals surface area (Å²) in [5.41, 5.74) is 0.992. The van der Waals surface area contributed by atoms with Crippen molar-refractivity contribution in [2.75, 3.05) is 0 Å². The fourth-order valence-corrected chi connectivity index (χ4v) is 1.99. The summed E-state index contributed by atoms with van der Waals surface area (Å²) in [5, 5.41) is 0. The Kier molecular flexibility index (Phi) is 3.04. The number of imidazole rings is 1. The summed E-state index contributed by atoms with van der Waals surface area (Å²) in [6.07, 6.45) is -4.80. The molecule has 0 saturated carbocycles. The number of aromatic nitrogens is 2. The first-order valence-electron chi connectivity index (χ1n) is 5.93. The number of para-hydroxylation sites is 1. The van der Waals surface area contributed by atoms with Crippen molar-refractivity contribution < 1.29 is 22.3 Å². The molecule has 0 spiro atoms. The molecule has 0 aliphatic rings. The van der Waals surface area contributed by atoms with Gasteiger partial charge < -0.3 is 9.72 Å². The van der Waals surface area contributed by atoms with Gasteiger partial charge in [0.25, 0.3) is 0 Å². The minimum absolute atomic E-state index is 0.145.